The first-order valence-electron chi connectivity index (χ1n) is 9.88. The number of Topliss-reactive ketones (excluding diaryl/α,β-unsaturated/α-hetero) is 1. The lowest BCUT2D eigenvalue weighted by Crippen LogP contribution is -2.46. The maximum absolute atomic E-state index is 12.7. The van der Waals surface area contributed by atoms with Gasteiger partial charge < -0.3 is 9.47 Å². The largest absolute Gasteiger partial charge is 0.454 e. The van der Waals surface area contributed by atoms with Gasteiger partial charge in [-0.05, 0) is 43.0 Å². The number of pyridine rings is 2. The minimum absolute atomic E-state index is 0.0313. The summed E-state index contributed by atoms with van der Waals surface area (Å²) in [5.41, 5.74) is 0.688. The fourth-order valence-corrected chi connectivity index (χ4v) is 5.43. The molecule has 0 spiro atoms. The number of ketones is 1. The number of hydrogen-bond acceptors (Lipinski definition) is 7. The third-order valence-corrected chi connectivity index (χ3v) is 6.56. The van der Waals surface area contributed by atoms with Gasteiger partial charge in [-0.15, -0.1) is 0 Å². The lowest BCUT2D eigenvalue weighted by Gasteiger charge is -2.36. The lowest BCUT2D eigenvalue weighted by molar-refractivity contribution is -0.127. The molecule has 148 valence electrons. The highest BCUT2D eigenvalue weighted by Gasteiger charge is 2.64. The number of hydrogen-bond donors (Lipinski definition) is 0. The molecule has 0 saturated heterocycles. The standard InChI is InChI=1S/C22H20N2O5/c25-17-6-5-14-15-9-16(18(14)17)20(29-22(27)13-4-2-8-24-11-13)19(15)28-21(26)12-3-1-7-23-10-12/h1-4,7-8,10-11,14-16,18-20H,5-6,9H2. The van der Waals surface area contributed by atoms with E-state index in [0.717, 1.165) is 12.8 Å². The molecule has 0 radical (unpaired) electrons. The average molecular weight is 392 g/mol. The predicted molar refractivity (Wildman–Crippen MR) is 99.7 cm³/mol. The first kappa shape index (κ1) is 18.0. The van der Waals surface area contributed by atoms with Crippen LogP contribution in [0.15, 0.2) is 49.1 Å². The van der Waals surface area contributed by atoms with Crippen LogP contribution < -0.4 is 0 Å². The Kier molecular flexibility index (Phi) is 4.38. The molecule has 0 aromatic carbocycles. The van der Waals surface area contributed by atoms with Gasteiger partial charge in [0.2, 0.25) is 0 Å². The van der Waals surface area contributed by atoms with Crippen molar-refractivity contribution in [1.29, 1.82) is 0 Å². The molecule has 7 nitrogen and oxygen atoms in total. The van der Waals surface area contributed by atoms with Crippen LogP contribution in [-0.2, 0) is 14.3 Å². The average Bonchev–Trinajstić information content (AvgIpc) is 3.42. The summed E-state index contributed by atoms with van der Waals surface area (Å²) in [6, 6.07) is 6.60. The Morgan fingerprint density at radius 1 is 0.862 bits per heavy atom. The van der Waals surface area contributed by atoms with Gasteiger partial charge in [-0.1, -0.05) is 0 Å². The quantitative estimate of drug-likeness (QED) is 0.738. The van der Waals surface area contributed by atoms with Crippen molar-refractivity contribution in [2.24, 2.45) is 23.7 Å². The van der Waals surface area contributed by atoms with Crippen LogP contribution in [0, 0.1) is 23.7 Å². The van der Waals surface area contributed by atoms with Crippen LogP contribution in [0.2, 0.25) is 0 Å². The molecule has 2 aromatic heterocycles. The Bertz CT molecular complexity index is 948. The first-order chi connectivity index (χ1) is 14.1. The molecule has 0 N–H and O–H groups in total. The summed E-state index contributed by atoms with van der Waals surface area (Å²) in [5, 5.41) is 0. The van der Waals surface area contributed by atoms with Crippen molar-refractivity contribution in [2.75, 3.05) is 0 Å². The van der Waals surface area contributed by atoms with Crippen LogP contribution in [0.25, 0.3) is 0 Å². The molecule has 3 saturated carbocycles. The second kappa shape index (κ2) is 7.06. The van der Waals surface area contributed by atoms with E-state index in [-0.39, 0.29) is 29.5 Å². The molecule has 2 aromatic rings. The smallest absolute Gasteiger partial charge is 0.340 e. The fourth-order valence-electron chi connectivity index (χ4n) is 5.43. The predicted octanol–water partition coefficient (Wildman–Crippen LogP) is 2.47. The maximum Gasteiger partial charge on any atom is 0.340 e. The lowest BCUT2D eigenvalue weighted by atomic mass is 9.78. The first-order valence-corrected chi connectivity index (χ1v) is 9.88. The van der Waals surface area contributed by atoms with Gasteiger partial charge in [0.25, 0.3) is 0 Å². The summed E-state index contributed by atoms with van der Waals surface area (Å²) < 4.78 is 11.7. The Balaban J connectivity index is 1.41. The number of esters is 2. The fraction of sp³-hybridized carbons (Fsp3) is 0.409. The van der Waals surface area contributed by atoms with Crippen molar-refractivity contribution in [2.45, 2.75) is 31.5 Å². The third kappa shape index (κ3) is 3.01. The Hall–Kier alpha value is -3.09. The topological polar surface area (TPSA) is 95.5 Å². The van der Waals surface area contributed by atoms with Crippen molar-refractivity contribution < 1.29 is 23.9 Å². The van der Waals surface area contributed by atoms with E-state index in [2.05, 4.69) is 9.97 Å². The van der Waals surface area contributed by atoms with Gasteiger partial charge in [-0.2, -0.15) is 0 Å². The van der Waals surface area contributed by atoms with Gasteiger partial charge in [0, 0.05) is 49.0 Å². The van der Waals surface area contributed by atoms with Gasteiger partial charge in [0.15, 0.2) is 0 Å². The van der Waals surface area contributed by atoms with Gasteiger partial charge >= 0.3 is 11.9 Å². The van der Waals surface area contributed by atoms with E-state index in [1.165, 1.54) is 12.4 Å². The molecule has 2 heterocycles. The van der Waals surface area contributed by atoms with Crippen LogP contribution in [0.1, 0.15) is 40.0 Å². The number of aromatic nitrogens is 2. The van der Waals surface area contributed by atoms with E-state index in [1.54, 1.807) is 36.7 Å². The Morgan fingerprint density at radius 3 is 2.00 bits per heavy atom. The van der Waals surface area contributed by atoms with Gasteiger partial charge in [-0.25, -0.2) is 9.59 Å². The van der Waals surface area contributed by atoms with Gasteiger partial charge in [0.1, 0.15) is 18.0 Å². The molecule has 3 aliphatic rings. The highest BCUT2D eigenvalue weighted by Crippen LogP contribution is 2.59. The summed E-state index contributed by atoms with van der Waals surface area (Å²) >= 11 is 0. The molecule has 0 aliphatic heterocycles. The molecule has 5 rings (SSSR count). The van der Waals surface area contributed by atoms with Crippen LogP contribution in [-0.4, -0.2) is 39.9 Å². The molecule has 3 aliphatic carbocycles. The van der Waals surface area contributed by atoms with Gasteiger partial charge in [-0.3, -0.25) is 14.8 Å². The van der Waals surface area contributed by atoms with Crippen LogP contribution in [0.3, 0.4) is 0 Å². The van der Waals surface area contributed by atoms with E-state index in [0.29, 0.717) is 17.5 Å². The maximum atomic E-state index is 12.7. The Labute approximate surface area is 167 Å². The van der Waals surface area contributed by atoms with Crippen molar-refractivity contribution >= 4 is 17.7 Å². The van der Waals surface area contributed by atoms with Crippen molar-refractivity contribution in [3.8, 4) is 0 Å². The summed E-state index contributed by atoms with van der Waals surface area (Å²) in [7, 11) is 0. The molecule has 29 heavy (non-hydrogen) atoms. The van der Waals surface area contributed by atoms with E-state index in [1.807, 2.05) is 0 Å². The van der Waals surface area contributed by atoms with Crippen LogP contribution in [0.5, 0.6) is 0 Å². The molecule has 0 amide bonds. The summed E-state index contributed by atoms with van der Waals surface area (Å²) in [6.45, 7) is 0. The number of carbonyl (C=O) groups is 3. The number of carbonyl (C=O) groups excluding carboxylic acids is 3. The highest BCUT2D eigenvalue weighted by molar-refractivity contribution is 5.90. The summed E-state index contributed by atoms with van der Waals surface area (Å²) in [6.07, 6.45) is 6.97. The van der Waals surface area contributed by atoms with E-state index in [4.69, 9.17) is 9.47 Å². The third-order valence-electron chi connectivity index (χ3n) is 6.56. The molecule has 6 atom stereocenters. The zero-order valence-electron chi connectivity index (χ0n) is 15.6. The zero-order valence-corrected chi connectivity index (χ0v) is 15.6. The number of fused-ring (bicyclic) bond motifs is 5. The number of nitrogens with zero attached hydrogens (tertiary/aromatic N) is 2. The minimum Gasteiger partial charge on any atom is -0.454 e. The van der Waals surface area contributed by atoms with Crippen LogP contribution >= 0.6 is 0 Å². The molecule has 2 bridgehead atoms. The van der Waals surface area contributed by atoms with E-state index in [9.17, 15) is 14.4 Å². The van der Waals surface area contributed by atoms with Crippen LogP contribution in [0.4, 0.5) is 0 Å². The SMILES string of the molecule is O=C(OC1C2CC(C1OC(=O)c1cccnc1)C1C(=O)CCC21)c1cccnc1. The normalized spacial score (nSPS) is 32.1. The zero-order chi connectivity index (χ0) is 20.0. The number of rotatable bonds is 4. The second-order valence-electron chi connectivity index (χ2n) is 7.98. The summed E-state index contributed by atoms with van der Waals surface area (Å²) in [5.74, 6) is -0.732. The molecule has 3 fully saturated rings. The van der Waals surface area contributed by atoms with Gasteiger partial charge in [0.05, 0.1) is 11.1 Å². The molecule has 6 unspecified atom stereocenters. The molecule has 7 heteroatoms. The Morgan fingerprint density at radius 2 is 1.45 bits per heavy atom. The summed E-state index contributed by atoms with van der Waals surface area (Å²) in [4.78, 5) is 45.7. The second-order valence-corrected chi connectivity index (χ2v) is 7.98. The molecular weight excluding hydrogens is 372 g/mol. The van der Waals surface area contributed by atoms with Crippen molar-refractivity contribution in [1.82, 2.24) is 9.97 Å². The van der Waals surface area contributed by atoms with E-state index >= 15 is 0 Å². The van der Waals surface area contributed by atoms with Crippen molar-refractivity contribution in [3.63, 3.8) is 0 Å². The van der Waals surface area contributed by atoms with Crippen molar-refractivity contribution in [3.05, 3.63) is 60.2 Å². The molecular formula is C22H20N2O5. The van der Waals surface area contributed by atoms with E-state index < -0.39 is 24.1 Å². The number of ether oxygens (including phenoxy) is 2. The monoisotopic (exact) mass is 392 g/mol. The minimum atomic E-state index is -0.628. The highest BCUT2D eigenvalue weighted by atomic mass is 16.6.